The van der Waals surface area contributed by atoms with Crippen molar-refractivity contribution in [2.75, 3.05) is 18.9 Å². The first-order chi connectivity index (χ1) is 13.7. The Morgan fingerprint density at radius 2 is 2.07 bits per heavy atom. The Hall–Kier alpha value is -2.04. The van der Waals surface area contributed by atoms with E-state index in [1.165, 1.54) is 0 Å². The number of nitrogens with two attached hydrogens (primary N) is 1. The van der Waals surface area contributed by atoms with Crippen LogP contribution in [0.25, 0.3) is 11.2 Å². The number of aliphatic hydroxyl groups is 1. The molecule has 4 N–H and O–H groups in total. The molecule has 3 aromatic rings. The van der Waals surface area contributed by atoms with Gasteiger partial charge >= 0.3 is 14.3 Å². The van der Waals surface area contributed by atoms with E-state index in [-0.39, 0.29) is 25.0 Å². The Bertz CT molecular complexity index is 1060. The van der Waals surface area contributed by atoms with Gasteiger partial charge in [0.25, 0.3) is 0 Å². The molecule has 10 nitrogen and oxygen atoms in total. The lowest BCUT2D eigenvalue weighted by Crippen LogP contribution is -2.18. The number of ether oxygens (including phenoxy) is 1. The van der Waals surface area contributed by atoms with Crippen LogP contribution in [0.5, 0.6) is 6.01 Å². The highest BCUT2D eigenvalue weighted by atomic mass is 79.9. The summed E-state index contributed by atoms with van der Waals surface area (Å²) >= 11 is 3.42. The van der Waals surface area contributed by atoms with Crippen LogP contribution in [-0.4, -0.2) is 42.7 Å². The molecule has 1 aromatic carbocycles. The molecule has 0 aliphatic carbocycles. The number of benzene rings is 1. The summed E-state index contributed by atoms with van der Waals surface area (Å²) in [5, 5.41) is 8.93. The van der Waals surface area contributed by atoms with Crippen molar-refractivity contribution < 1.29 is 23.8 Å². The molecule has 1 atom stereocenters. The van der Waals surface area contributed by atoms with Gasteiger partial charge in [-0.25, -0.2) is 4.98 Å². The van der Waals surface area contributed by atoms with Gasteiger partial charge < -0.3 is 20.5 Å². The fourth-order valence-corrected chi connectivity index (χ4v) is 3.85. The highest BCUT2D eigenvalue weighted by Gasteiger charge is 2.24. The number of hydrogen-bond acceptors (Lipinski definition) is 8. The Morgan fingerprint density at radius 3 is 2.76 bits per heavy atom. The first-order valence-electron chi connectivity index (χ1n) is 8.65. The molecule has 2 heterocycles. The molecule has 1 unspecified atom stereocenters. The summed E-state index contributed by atoms with van der Waals surface area (Å²) in [7, 11) is -3.09. The third kappa shape index (κ3) is 4.93. The molecular formula is C17H21BrN5O5P. The van der Waals surface area contributed by atoms with Crippen molar-refractivity contribution in [3.8, 4) is 6.01 Å². The number of anilines is 1. The molecule has 12 heteroatoms. The Labute approximate surface area is 175 Å². The number of halogens is 1. The van der Waals surface area contributed by atoms with Gasteiger partial charge in [0.2, 0.25) is 0 Å². The molecule has 0 saturated carbocycles. The second kappa shape index (κ2) is 8.76. The van der Waals surface area contributed by atoms with Crippen LogP contribution >= 0.6 is 24.2 Å². The van der Waals surface area contributed by atoms with Gasteiger partial charge in [0.15, 0.2) is 21.7 Å². The smallest absolute Gasteiger partial charge is 0.320 e. The van der Waals surface area contributed by atoms with E-state index in [0.717, 1.165) is 11.1 Å². The average molecular weight is 486 g/mol. The lowest BCUT2D eigenvalue weighted by Gasteiger charge is -2.24. The van der Waals surface area contributed by atoms with E-state index in [2.05, 4.69) is 30.9 Å². The number of aliphatic hydroxyl groups excluding tert-OH is 1. The molecule has 0 fully saturated rings. The minimum absolute atomic E-state index is 0.0470. The SMILES string of the molecule is CC(C)(O[PH](=O)O)c1cccc(Cn2c(Br)nc3c(N)nc(OCCO)nc32)c1. The largest absolute Gasteiger partial charge is 0.461 e. The average Bonchev–Trinajstić information content (AvgIpc) is 2.96. The zero-order chi connectivity index (χ0) is 21.2. The quantitative estimate of drug-likeness (QED) is 0.322. The third-order valence-electron chi connectivity index (χ3n) is 4.18. The van der Waals surface area contributed by atoms with Gasteiger partial charge in [-0.3, -0.25) is 13.7 Å². The van der Waals surface area contributed by atoms with E-state index < -0.39 is 13.9 Å². The van der Waals surface area contributed by atoms with Crippen LogP contribution in [0.2, 0.25) is 0 Å². The van der Waals surface area contributed by atoms with Crippen molar-refractivity contribution in [2.24, 2.45) is 0 Å². The summed E-state index contributed by atoms with van der Waals surface area (Å²) in [4.78, 5) is 21.9. The maximum Gasteiger partial charge on any atom is 0.320 e. The van der Waals surface area contributed by atoms with Gasteiger partial charge in [-0.05, 0) is 40.9 Å². The summed E-state index contributed by atoms with van der Waals surface area (Å²) in [6, 6.07) is 7.52. The van der Waals surface area contributed by atoms with E-state index >= 15 is 0 Å². The van der Waals surface area contributed by atoms with Gasteiger partial charge in [0, 0.05) is 0 Å². The number of aromatic nitrogens is 4. The molecule has 2 aromatic heterocycles. The van der Waals surface area contributed by atoms with Crippen molar-refractivity contribution in [2.45, 2.75) is 26.0 Å². The zero-order valence-corrected chi connectivity index (χ0v) is 18.4. The van der Waals surface area contributed by atoms with Crippen molar-refractivity contribution in [3.05, 3.63) is 40.1 Å². The second-order valence-corrected chi connectivity index (χ2v) is 8.13. The molecule has 0 radical (unpaired) electrons. The van der Waals surface area contributed by atoms with E-state index in [1.807, 2.05) is 24.3 Å². The lowest BCUT2D eigenvalue weighted by atomic mass is 9.96. The van der Waals surface area contributed by atoms with Gasteiger partial charge in [-0.2, -0.15) is 9.97 Å². The van der Waals surface area contributed by atoms with E-state index in [1.54, 1.807) is 18.4 Å². The van der Waals surface area contributed by atoms with E-state index in [0.29, 0.717) is 22.4 Å². The number of nitrogen functional groups attached to an aromatic ring is 1. The van der Waals surface area contributed by atoms with Gasteiger partial charge in [0.05, 0.1) is 18.8 Å². The number of hydrogen-bond donors (Lipinski definition) is 3. The van der Waals surface area contributed by atoms with Crippen LogP contribution in [0, 0.1) is 0 Å². The number of nitrogens with zero attached hydrogens (tertiary/aromatic N) is 4. The first-order valence-corrected chi connectivity index (χ1v) is 10.7. The minimum atomic E-state index is -3.09. The highest BCUT2D eigenvalue weighted by molar-refractivity contribution is 9.10. The van der Waals surface area contributed by atoms with E-state index in [9.17, 15) is 4.57 Å². The maximum absolute atomic E-state index is 11.2. The van der Waals surface area contributed by atoms with Crippen LogP contribution in [0.15, 0.2) is 29.0 Å². The lowest BCUT2D eigenvalue weighted by molar-refractivity contribution is 0.102. The van der Waals surface area contributed by atoms with Crippen molar-refractivity contribution in [1.82, 2.24) is 19.5 Å². The van der Waals surface area contributed by atoms with Crippen LogP contribution in [0.3, 0.4) is 0 Å². The van der Waals surface area contributed by atoms with Gasteiger partial charge in [-0.15, -0.1) is 0 Å². The predicted molar refractivity (Wildman–Crippen MR) is 111 cm³/mol. The third-order valence-corrected chi connectivity index (χ3v) is 5.47. The number of imidazole rings is 1. The van der Waals surface area contributed by atoms with E-state index in [4.69, 9.17) is 25.0 Å². The Kier molecular flexibility index (Phi) is 6.55. The standard InChI is InChI=1S/C17H21BrN5O5P/c1-17(2,28-29(25)26)11-5-3-4-10(8-11)9-23-14-12(20-15(23)18)13(19)21-16(22-14)27-7-6-24/h3-5,8,24,29H,6-7,9H2,1-2H3,(H,25,26)(H2,19,21,22). The summed E-state index contributed by atoms with van der Waals surface area (Å²) < 4.78 is 23.9. The fourth-order valence-electron chi connectivity index (χ4n) is 2.82. The van der Waals surface area contributed by atoms with Gasteiger partial charge in [-0.1, -0.05) is 24.3 Å². The molecule has 0 aliphatic rings. The first kappa shape index (κ1) is 21.7. The van der Waals surface area contributed by atoms with Crippen molar-refractivity contribution in [3.63, 3.8) is 0 Å². The topological polar surface area (TPSA) is 146 Å². The number of fused-ring (bicyclic) bond motifs is 1. The monoisotopic (exact) mass is 485 g/mol. The summed E-state index contributed by atoms with van der Waals surface area (Å²) in [6.45, 7) is 3.73. The summed E-state index contributed by atoms with van der Waals surface area (Å²) in [5.74, 6) is 0.166. The zero-order valence-electron chi connectivity index (χ0n) is 15.8. The molecule has 0 amide bonds. The Morgan fingerprint density at radius 1 is 1.31 bits per heavy atom. The molecule has 0 saturated heterocycles. The molecule has 156 valence electrons. The molecule has 0 spiro atoms. The molecule has 0 bridgehead atoms. The van der Waals surface area contributed by atoms with Crippen LogP contribution in [-0.2, 0) is 21.2 Å². The molecule has 3 rings (SSSR count). The summed E-state index contributed by atoms with van der Waals surface area (Å²) in [5.41, 5.74) is 7.59. The predicted octanol–water partition coefficient (Wildman–Crippen LogP) is 2.22. The second-order valence-electron chi connectivity index (χ2n) is 6.68. The van der Waals surface area contributed by atoms with Gasteiger partial charge in [0.1, 0.15) is 6.61 Å². The molecule has 29 heavy (non-hydrogen) atoms. The van der Waals surface area contributed by atoms with Crippen LogP contribution < -0.4 is 10.5 Å². The highest BCUT2D eigenvalue weighted by Crippen LogP contribution is 2.34. The fraction of sp³-hybridized carbons (Fsp3) is 0.353. The van der Waals surface area contributed by atoms with Crippen molar-refractivity contribution >= 4 is 41.2 Å². The van der Waals surface area contributed by atoms with Crippen molar-refractivity contribution in [1.29, 1.82) is 0 Å². The molecular weight excluding hydrogens is 465 g/mol. The normalized spacial score (nSPS) is 13.0. The van der Waals surface area contributed by atoms with Crippen LogP contribution in [0.1, 0.15) is 25.0 Å². The summed E-state index contributed by atoms with van der Waals surface area (Å²) in [6.07, 6.45) is 0. The number of rotatable bonds is 8. The minimum Gasteiger partial charge on any atom is -0.461 e. The Balaban J connectivity index is 1.98. The van der Waals surface area contributed by atoms with Crippen LogP contribution in [0.4, 0.5) is 5.82 Å². The molecule has 0 aliphatic heterocycles. The maximum atomic E-state index is 11.2.